The highest BCUT2D eigenvalue weighted by molar-refractivity contribution is 7.89. The molecule has 2 rings (SSSR count). The fraction of sp³-hybridized carbons (Fsp3) is 0.500. The molecule has 1 aromatic carbocycles. The van der Waals surface area contributed by atoms with Crippen molar-refractivity contribution in [3.8, 4) is 5.75 Å². The van der Waals surface area contributed by atoms with Gasteiger partial charge in [-0.25, -0.2) is 13.6 Å². The van der Waals surface area contributed by atoms with Gasteiger partial charge in [-0.3, -0.25) is 4.90 Å². The fourth-order valence-corrected chi connectivity index (χ4v) is 2.56. The highest BCUT2D eigenvalue weighted by Gasteiger charge is 2.28. The van der Waals surface area contributed by atoms with E-state index in [1.165, 1.54) is 24.3 Å². The second-order valence-electron chi connectivity index (χ2n) is 4.76. The standard InChI is InChI=1S/C12H18N2O5S/c13-20(17,18)10-3-1-9(2-4-10)19-6-5-14-7-11(15)12(16)8-14/h1-4,11-12,15-16H,5-8H2,(H2,13,17,18)/t11-,12+. The van der Waals surface area contributed by atoms with E-state index in [4.69, 9.17) is 9.88 Å². The number of primary sulfonamides is 1. The molecule has 1 aromatic rings. The second-order valence-corrected chi connectivity index (χ2v) is 6.32. The number of aliphatic hydroxyl groups is 2. The Morgan fingerprint density at radius 2 is 1.75 bits per heavy atom. The van der Waals surface area contributed by atoms with Crippen molar-refractivity contribution in [2.75, 3.05) is 26.2 Å². The molecule has 1 aliphatic heterocycles. The average Bonchev–Trinajstić information content (AvgIpc) is 2.68. The van der Waals surface area contributed by atoms with Gasteiger partial charge in [-0.1, -0.05) is 0 Å². The zero-order valence-corrected chi connectivity index (χ0v) is 11.7. The summed E-state index contributed by atoms with van der Waals surface area (Å²) in [5.41, 5.74) is 0. The van der Waals surface area contributed by atoms with Gasteiger partial charge in [0, 0.05) is 19.6 Å². The normalized spacial score (nSPS) is 23.9. The molecule has 1 aliphatic rings. The quantitative estimate of drug-likeness (QED) is 0.626. The first-order valence-electron chi connectivity index (χ1n) is 6.20. The van der Waals surface area contributed by atoms with Gasteiger partial charge in [0.15, 0.2) is 0 Å². The number of nitrogens with two attached hydrogens (primary N) is 1. The Bertz CT molecular complexity index is 535. The molecule has 0 aliphatic carbocycles. The molecule has 8 heteroatoms. The lowest BCUT2D eigenvalue weighted by molar-refractivity contribution is 0.0572. The van der Waals surface area contributed by atoms with E-state index in [-0.39, 0.29) is 4.90 Å². The Morgan fingerprint density at radius 1 is 1.20 bits per heavy atom. The molecule has 0 saturated carbocycles. The largest absolute Gasteiger partial charge is 0.492 e. The molecule has 0 radical (unpaired) electrons. The van der Waals surface area contributed by atoms with E-state index in [1.807, 2.05) is 4.90 Å². The maximum absolute atomic E-state index is 11.1. The summed E-state index contributed by atoms with van der Waals surface area (Å²) in [5.74, 6) is 0.540. The van der Waals surface area contributed by atoms with E-state index in [1.54, 1.807) is 0 Å². The van der Waals surface area contributed by atoms with E-state index in [0.717, 1.165) is 0 Å². The molecule has 0 amide bonds. The third kappa shape index (κ3) is 3.90. The zero-order valence-electron chi connectivity index (χ0n) is 10.8. The molecular formula is C12H18N2O5S. The highest BCUT2D eigenvalue weighted by atomic mass is 32.2. The predicted molar refractivity (Wildman–Crippen MR) is 71.8 cm³/mol. The summed E-state index contributed by atoms with van der Waals surface area (Å²) < 4.78 is 27.6. The number of ether oxygens (including phenoxy) is 1. The van der Waals surface area contributed by atoms with Crippen LogP contribution in [0.15, 0.2) is 29.2 Å². The van der Waals surface area contributed by atoms with Gasteiger partial charge in [-0.2, -0.15) is 0 Å². The van der Waals surface area contributed by atoms with Crippen molar-refractivity contribution < 1.29 is 23.4 Å². The maximum Gasteiger partial charge on any atom is 0.238 e. The van der Waals surface area contributed by atoms with Crippen molar-refractivity contribution in [1.29, 1.82) is 0 Å². The summed E-state index contributed by atoms with van der Waals surface area (Å²) in [6.07, 6.45) is -1.41. The maximum atomic E-state index is 11.1. The SMILES string of the molecule is NS(=O)(=O)c1ccc(OCCN2C[C@@H](O)[C@@H](O)C2)cc1. The van der Waals surface area contributed by atoms with Crippen LogP contribution in [0, 0.1) is 0 Å². The van der Waals surface area contributed by atoms with Crippen LogP contribution < -0.4 is 9.88 Å². The van der Waals surface area contributed by atoms with E-state index in [2.05, 4.69) is 0 Å². The Balaban J connectivity index is 1.80. The summed E-state index contributed by atoms with van der Waals surface area (Å²) in [4.78, 5) is 1.93. The number of sulfonamides is 1. The Labute approximate surface area is 117 Å². The van der Waals surface area contributed by atoms with E-state index >= 15 is 0 Å². The van der Waals surface area contributed by atoms with Crippen molar-refractivity contribution in [2.45, 2.75) is 17.1 Å². The van der Waals surface area contributed by atoms with Crippen LogP contribution in [0.25, 0.3) is 0 Å². The molecule has 0 bridgehead atoms. The van der Waals surface area contributed by atoms with Gasteiger partial charge < -0.3 is 14.9 Å². The van der Waals surface area contributed by atoms with Crippen LogP contribution in [0.3, 0.4) is 0 Å². The van der Waals surface area contributed by atoms with Gasteiger partial charge in [0.1, 0.15) is 12.4 Å². The lowest BCUT2D eigenvalue weighted by Gasteiger charge is -2.15. The van der Waals surface area contributed by atoms with Crippen LogP contribution in [-0.2, 0) is 10.0 Å². The van der Waals surface area contributed by atoms with E-state index in [9.17, 15) is 18.6 Å². The number of rotatable bonds is 5. The highest BCUT2D eigenvalue weighted by Crippen LogP contribution is 2.15. The number of hydrogen-bond donors (Lipinski definition) is 3. The zero-order chi connectivity index (χ0) is 14.8. The van der Waals surface area contributed by atoms with E-state index < -0.39 is 22.2 Å². The van der Waals surface area contributed by atoms with Crippen molar-refractivity contribution >= 4 is 10.0 Å². The fourth-order valence-electron chi connectivity index (χ4n) is 2.05. The monoisotopic (exact) mass is 302 g/mol. The second kappa shape index (κ2) is 6.06. The Kier molecular flexibility index (Phi) is 4.61. The summed E-state index contributed by atoms with van der Waals surface area (Å²) in [5, 5.41) is 23.8. The summed E-state index contributed by atoms with van der Waals surface area (Å²) >= 11 is 0. The van der Waals surface area contributed by atoms with Crippen LogP contribution >= 0.6 is 0 Å². The third-order valence-corrected chi connectivity index (χ3v) is 4.09. The van der Waals surface area contributed by atoms with Gasteiger partial charge >= 0.3 is 0 Å². The van der Waals surface area contributed by atoms with Crippen molar-refractivity contribution in [1.82, 2.24) is 4.90 Å². The van der Waals surface area contributed by atoms with Gasteiger partial charge in [0.25, 0.3) is 0 Å². The summed E-state index contributed by atoms with van der Waals surface area (Å²) in [6.45, 7) is 1.81. The smallest absolute Gasteiger partial charge is 0.238 e. The van der Waals surface area contributed by atoms with Gasteiger partial charge in [-0.05, 0) is 24.3 Å². The Hall–Kier alpha value is -1.19. The molecular weight excluding hydrogens is 284 g/mol. The van der Waals surface area contributed by atoms with Crippen molar-refractivity contribution in [3.05, 3.63) is 24.3 Å². The van der Waals surface area contributed by atoms with Crippen LogP contribution in [0.1, 0.15) is 0 Å². The molecule has 1 heterocycles. The molecule has 1 saturated heterocycles. The third-order valence-electron chi connectivity index (χ3n) is 3.16. The lowest BCUT2D eigenvalue weighted by Crippen LogP contribution is -2.27. The number of benzene rings is 1. The minimum Gasteiger partial charge on any atom is -0.492 e. The molecule has 2 atom stereocenters. The summed E-state index contributed by atoms with van der Waals surface area (Å²) in [7, 11) is -3.68. The molecule has 20 heavy (non-hydrogen) atoms. The van der Waals surface area contributed by atoms with Crippen LogP contribution in [0.5, 0.6) is 5.75 Å². The van der Waals surface area contributed by atoms with Crippen LogP contribution in [-0.4, -0.2) is 62.0 Å². The number of aliphatic hydroxyl groups excluding tert-OH is 2. The molecule has 0 spiro atoms. The number of hydrogen-bond acceptors (Lipinski definition) is 6. The number of β-amino-alcohol motifs (C(OH)–C–C–N with tert-alkyl or cyclic N) is 2. The molecule has 0 aromatic heterocycles. The molecule has 7 nitrogen and oxygen atoms in total. The molecule has 0 unspecified atom stereocenters. The van der Waals surface area contributed by atoms with Crippen LogP contribution in [0.4, 0.5) is 0 Å². The van der Waals surface area contributed by atoms with E-state index in [0.29, 0.717) is 32.0 Å². The molecule has 1 fully saturated rings. The minimum absolute atomic E-state index is 0.0376. The van der Waals surface area contributed by atoms with Gasteiger partial charge in [0.2, 0.25) is 10.0 Å². The number of likely N-dealkylation sites (tertiary alicyclic amines) is 1. The minimum atomic E-state index is -3.68. The Morgan fingerprint density at radius 3 is 2.25 bits per heavy atom. The topological polar surface area (TPSA) is 113 Å². The van der Waals surface area contributed by atoms with Gasteiger partial charge in [0.05, 0.1) is 17.1 Å². The first-order chi connectivity index (χ1) is 9.36. The first-order valence-corrected chi connectivity index (χ1v) is 7.75. The predicted octanol–water partition coefficient (Wildman–Crippen LogP) is -1.25. The van der Waals surface area contributed by atoms with Crippen molar-refractivity contribution in [3.63, 3.8) is 0 Å². The lowest BCUT2D eigenvalue weighted by atomic mass is 10.3. The van der Waals surface area contributed by atoms with Crippen LogP contribution in [0.2, 0.25) is 0 Å². The average molecular weight is 302 g/mol. The molecule has 112 valence electrons. The van der Waals surface area contributed by atoms with Gasteiger partial charge in [-0.15, -0.1) is 0 Å². The molecule has 4 N–H and O–H groups in total. The van der Waals surface area contributed by atoms with Crippen molar-refractivity contribution in [2.24, 2.45) is 5.14 Å². The summed E-state index contributed by atoms with van der Waals surface area (Å²) in [6, 6.07) is 5.84. The first kappa shape index (κ1) is 15.2. The number of nitrogens with zero attached hydrogens (tertiary/aromatic N) is 1.